The summed E-state index contributed by atoms with van der Waals surface area (Å²) in [6.07, 6.45) is 4.14. The van der Waals surface area contributed by atoms with Crippen LogP contribution in [0.25, 0.3) is 11.4 Å². The van der Waals surface area contributed by atoms with E-state index in [1.807, 2.05) is 50.4 Å². The molecule has 7 heteroatoms. The Labute approximate surface area is 196 Å². The van der Waals surface area contributed by atoms with E-state index in [9.17, 15) is 4.79 Å². The van der Waals surface area contributed by atoms with Gasteiger partial charge in [-0.2, -0.15) is 0 Å². The van der Waals surface area contributed by atoms with Crippen LogP contribution in [0.2, 0.25) is 0 Å². The van der Waals surface area contributed by atoms with E-state index in [4.69, 9.17) is 10.1 Å². The quantitative estimate of drug-likeness (QED) is 0.383. The van der Waals surface area contributed by atoms with Crippen molar-refractivity contribution >= 4 is 17.2 Å². The van der Waals surface area contributed by atoms with Gasteiger partial charge in [-0.1, -0.05) is 45.4 Å². The first-order valence-corrected chi connectivity index (χ1v) is 11.1. The van der Waals surface area contributed by atoms with Gasteiger partial charge in [0.25, 0.3) is 0 Å². The van der Waals surface area contributed by atoms with Gasteiger partial charge in [0.05, 0.1) is 24.2 Å². The zero-order chi connectivity index (χ0) is 24.5. The first kappa shape index (κ1) is 25.5. The van der Waals surface area contributed by atoms with E-state index in [0.717, 1.165) is 11.3 Å². The van der Waals surface area contributed by atoms with Crippen LogP contribution in [-0.2, 0) is 0 Å². The summed E-state index contributed by atoms with van der Waals surface area (Å²) in [7, 11) is 3.42. The van der Waals surface area contributed by atoms with E-state index in [1.165, 1.54) is 23.6 Å². The maximum absolute atomic E-state index is 13.6. The number of aryl methyl sites for hydroxylation is 1. The molecular formula is C26H35N5O2. The molecule has 0 aliphatic rings. The van der Waals surface area contributed by atoms with Gasteiger partial charge in [-0.05, 0) is 49.9 Å². The lowest BCUT2D eigenvalue weighted by atomic mass is 10.2. The number of hydrogen-bond acceptors (Lipinski definition) is 5. The van der Waals surface area contributed by atoms with E-state index in [-0.39, 0.29) is 11.4 Å². The van der Waals surface area contributed by atoms with E-state index >= 15 is 0 Å². The van der Waals surface area contributed by atoms with E-state index in [0.29, 0.717) is 28.6 Å². The second-order valence-electron chi connectivity index (χ2n) is 7.58. The molecule has 2 aromatic carbocycles. The van der Waals surface area contributed by atoms with Gasteiger partial charge in [0, 0.05) is 18.8 Å². The molecule has 3 N–H and O–H groups in total. The summed E-state index contributed by atoms with van der Waals surface area (Å²) in [5, 5.41) is 14.5. The van der Waals surface area contributed by atoms with Crippen LogP contribution in [-0.4, -0.2) is 29.0 Å². The normalized spacial score (nSPS) is 10.1. The molecule has 0 bridgehead atoms. The van der Waals surface area contributed by atoms with Crippen molar-refractivity contribution in [3.05, 3.63) is 77.0 Å². The Bertz CT molecular complexity index is 1170. The smallest absolute Gasteiger partial charge is 0.339 e. The van der Waals surface area contributed by atoms with E-state index < -0.39 is 0 Å². The largest absolute Gasteiger partial charge is 0.496 e. The Morgan fingerprint density at radius 2 is 1.79 bits per heavy atom. The highest BCUT2D eigenvalue weighted by atomic mass is 16.5. The molecule has 3 rings (SSSR count). The van der Waals surface area contributed by atoms with Crippen molar-refractivity contribution in [3.63, 3.8) is 0 Å². The third kappa shape index (κ3) is 5.55. The zero-order valence-corrected chi connectivity index (χ0v) is 20.5. The molecule has 0 saturated carbocycles. The van der Waals surface area contributed by atoms with Crippen molar-refractivity contribution in [2.75, 3.05) is 24.8 Å². The molecule has 0 atom stereocenters. The molecule has 0 aliphatic heterocycles. The molecule has 0 aliphatic carbocycles. The highest BCUT2D eigenvalue weighted by Crippen LogP contribution is 2.27. The van der Waals surface area contributed by atoms with Gasteiger partial charge in [0.2, 0.25) is 0 Å². The second kappa shape index (κ2) is 11.8. The van der Waals surface area contributed by atoms with Gasteiger partial charge in [-0.25, -0.2) is 9.36 Å². The number of rotatable bonds is 8. The van der Waals surface area contributed by atoms with Crippen LogP contribution < -0.4 is 21.1 Å². The highest BCUT2D eigenvalue weighted by Gasteiger charge is 2.23. The van der Waals surface area contributed by atoms with Crippen LogP contribution in [0.4, 0.5) is 11.5 Å². The molecule has 0 spiro atoms. The van der Waals surface area contributed by atoms with Gasteiger partial charge in [0.1, 0.15) is 17.3 Å². The number of nitrogens with zero attached hydrogens (tertiary/aromatic N) is 2. The van der Waals surface area contributed by atoms with Crippen molar-refractivity contribution in [1.82, 2.24) is 9.13 Å². The van der Waals surface area contributed by atoms with Crippen molar-refractivity contribution in [2.45, 2.75) is 40.5 Å². The summed E-state index contributed by atoms with van der Waals surface area (Å²) in [5.41, 5.74) is 3.53. The molecule has 0 fully saturated rings. The first-order chi connectivity index (χ1) is 15.8. The zero-order valence-electron chi connectivity index (χ0n) is 20.5. The molecular weight excluding hydrogens is 414 g/mol. The summed E-state index contributed by atoms with van der Waals surface area (Å²) >= 11 is 0. The number of benzene rings is 2. The van der Waals surface area contributed by atoms with Gasteiger partial charge in [-0.15, -0.1) is 0 Å². The average Bonchev–Trinajstić information content (AvgIpc) is 3.11. The Morgan fingerprint density at radius 1 is 1.12 bits per heavy atom. The molecule has 1 aromatic heterocycles. The molecule has 7 nitrogen and oxygen atoms in total. The van der Waals surface area contributed by atoms with Crippen molar-refractivity contribution in [3.8, 4) is 17.1 Å². The lowest BCUT2D eigenvalue weighted by Crippen LogP contribution is -2.24. The maximum Gasteiger partial charge on any atom is 0.339 e. The molecule has 0 radical (unpaired) electrons. The molecule has 3 aromatic rings. The topological polar surface area (TPSA) is 84.1 Å². The Hall–Kier alpha value is -3.74. The van der Waals surface area contributed by atoms with Crippen LogP contribution in [0.3, 0.4) is 0 Å². The monoisotopic (exact) mass is 449 g/mol. The number of nitrogens with one attached hydrogen (secondary N) is 3. The molecule has 1 heterocycles. The summed E-state index contributed by atoms with van der Waals surface area (Å²) in [4.78, 5) is 13.6. The second-order valence-corrected chi connectivity index (χ2v) is 7.58. The minimum Gasteiger partial charge on any atom is -0.496 e. The fraction of sp³-hybridized carbons (Fsp3) is 0.308. The third-order valence-electron chi connectivity index (χ3n) is 5.19. The van der Waals surface area contributed by atoms with Crippen LogP contribution in [0.15, 0.2) is 60.0 Å². The first-order valence-electron chi connectivity index (χ1n) is 11.1. The molecule has 33 heavy (non-hydrogen) atoms. The lowest BCUT2D eigenvalue weighted by molar-refractivity contribution is 0.411. The summed E-state index contributed by atoms with van der Waals surface area (Å²) in [6, 6.07) is 13.0. The standard InChI is InChI=1S/C22H25N5O2.C4H10/c1-6-25-21-20(15(3)23)26(18-11-10-14(2)19(13-18)29-5)22(28)27(21)17-9-7-8-16(12-17)24-4;1-3-4-2/h6-13,23-25H,1H2,2-5H3;3-4H2,1-2H3. The minimum absolute atomic E-state index is 0.245. The minimum atomic E-state index is -0.296. The maximum atomic E-state index is 13.6. The van der Waals surface area contributed by atoms with Gasteiger partial charge >= 0.3 is 5.69 Å². The molecule has 0 unspecified atom stereocenters. The van der Waals surface area contributed by atoms with Crippen LogP contribution in [0.5, 0.6) is 5.75 Å². The SMILES string of the molecule is C=CNc1c(C(C)=N)n(-c2ccc(C)c(OC)c2)c(=O)n1-c1cccc(NC)c1.CCCC. The van der Waals surface area contributed by atoms with E-state index in [2.05, 4.69) is 31.1 Å². The van der Waals surface area contributed by atoms with Gasteiger partial charge in [-0.3, -0.25) is 4.57 Å². The average molecular weight is 450 g/mol. The number of ether oxygens (including phenoxy) is 1. The third-order valence-corrected chi connectivity index (χ3v) is 5.19. The number of hydrogen-bond donors (Lipinski definition) is 3. The summed E-state index contributed by atoms with van der Waals surface area (Å²) in [5.74, 6) is 1.15. The molecule has 0 saturated heterocycles. The van der Waals surface area contributed by atoms with Gasteiger partial charge < -0.3 is 20.8 Å². The Balaban J connectivity index is 0.000000890. The van der Waals surface area contributed by atoms with Gasteiger partial charge in [0.15, 0.2) is 0 Å². The lowest BCUT2D eigenvalue weighted by Gasteiger charge is -2.11. The Kier molecular flexibility index (Phi) is 9.09. The molecule has 0 amide bonds. The van der Waals surface area contributed by atoms with Crippen LogP contribution in [0, 0.1) is 12.3 Å². The number of methoxy groups -OCH3 is 1. The van der Waals surface area contributed by atoms with Crippen LogP contribution in [0.1, 0.15) is 44.9 Å². The van der Waals surface area contributed by atoms with E-state index in [1.54, 1.807) is 24.7 Å². The predicted molar refractivity (Wildman–Crippen MR) is 139 cm³/mol. The fourth-order valence-electron chi connectivity index (χ4n) is 3.31. The van der Waals surface area contributed by atoms with Crippen LogP contribution >= 0.6 is 0 Å². The van der Waals surface area contributed by atoms with Crippen molar-refractivity contribution in [1.29, 1.82) is 5.41 Å². The number of unbranched alkanes of at least 4 members (excludes halogenated alkanes) is 1. The fourth-order valence-corrected chi connectivity index (χ4v) is 3.31. The Morgan fingerprint density at radius 3 is 2.33 bits per heavy atom. The highest BCUT2D eigenvalue weighted by molar-refractivity contribution is 6.00. The predicted octanol–water partition coefficient (Wildman–Crippen LogP) is 5.74. The molecule has 176 valence electrons. The van der Waals surface area contributed by atoms with Crippen molar-refractivity contribution in [2.24, 2.45) is 0 Å². The summed E-state index contributed by atoms with van der Waals surface area (Å²) < 4.78 is 8.49. The number of aromatic nitrogens is 2. The number of imidazole rings is 1. The summed E-state index contributed by atoms with van der Waals surface area (Å²) in [6.45, 7) is 11.7. The van der Waals surface area contributed by atoms with Crippen molar-refractivity contribution < 1.29 is 4.74 Å². The number of anilines is 2.